The molecule has 2 heterocycles. The van der Waals surface area contributed by atoms with Gasteiger partial charge in [0.2, 0.25) is 0 Å². The summed E-state index contributed by atoms with van der Waals surface area (Å²) in [5.41, 5.74) is 1.20. The lowest BCUT2D eigenvalue weighted by Gasteiger charge is -2.29. The number of H-pyrrole nitrogens is 1. The van der Waals surface area contributed by atoms with E-state index in [1.807, 2.05) is 6.07 Å². The molecule has 22 heavy (non-hydrogen) atoms. The first kappa shape index (κ1) is 14.8. The number of nitriles is 1. The highest BCUT2D eigenvalue weighted by molar-refractivity contribution is 7.90. The lowest BCUT2D eigenvalue weighted by Crippen LogP contribution is -2.41. The fourth-order valence-corrected chi connectivity index (χ4v) is 3.76. The molecule has 0 atom stereocenters. The molecule has 2 aromatic rings. The zero-order valence-corrected chi connectivity index (χ0v) is 12.5. The van der Waals surface area contributed by atoms with Gasteiger partial charge in [-0.3, -0.25) is 4.72 Å². The van der Waals surface area contributed by atoms with Crippen molar-refractivity contribution in [3.8, 4) is 6.07 Å². The molecule has 7 nitrogen and oxygen atoms in total. The first-order chi connectivity index (χ1) is 10.5. The van der Waals surface area contributed by atoms with E-state index in [1.54, 1.807) is 0 Å². The van der Waals surface area contributed by atoms with Crippen LogP contribution >= 0.6 is 0 Å². The van der Waals surface area contributed by atoms with Crippen molar-refractivity contribution in [1.29, 1.82) is 5.26 Å². The predicted octanol–water partition coefficient (Wildman–Crippen LogP) is 1.30. The minimum atomic E-state index is -3.73. The summed E-state index contributed by atoms with van der Waals surface area (Å²) in [4.78, 5) is 2.77. The van der Waals surface area contributed by atoms with Crippen LogP contribution in [-0.4, -0.2) is 38.0 Å². The molecule has 0 radical (unpaired) electrons. The Balaban J connectivity index is 2.15. The molecule has 2 N–H and O–H groups in total. The average Bonchev–Trinajstić information content (AvgIpc) is 2.90. The number of rotatable bonds is 3. The molecular weight excluding hydrogens is 311 g/mol. The van der Waals surface area contributed by atoms with Crippen molar-refractivity contribution in [2.75, 3.05) is 25.0 Å². The van der Waals surface area contributed by atoms with Crippen LogP contribution in [0.4, 0.5) is 10.1 Å². The number of nitrogens with zero attached hydrogens (tertiary/aromatic N) is 2. The summed E-state index contributed by atoms with van der Waals surface area (Å²) in [6.07, 6.45) is 1.36. The number of methoxy groups -OCH3 is 1. The van der Waals surface area contributed by atoms with Crippen LogP contribution in [0.5, 0.6) is 0 Å². The van der Waals surface area contributed by atoms with E-state index in [1.165, 1.54) is 23.7 Å². The van der Waals surface area contributed by atoms with E-state index in [9.17, 15) is 12.8 Å². The van der Waals surface area contributed by atoms with E-state index in [0.717, 1.165) is 0 Å². The van der Waals surface area contributed by atoms with E-state index in [0.29, 0.717) is 5.56 Å². The average molecular weight is 324 g/mol. The van der Waals surface area contributed by atoms with Gasteiger partial charge in [0.15, 0.2) is 0 Å². The smallest absolute Gasteiger partial charge is 0.302 e. The number of fused-ring (bicyclic) bond motifs is 3. The molecule has 9 heteroatoms. The summed E-state index contributed by atoms with van der Waals surface area (Å²) in [6.45, 7) is 0.447. The summed E-state index contributed by atoms with van der Waals surface area (Å²) >= 11 is 0. The fourth-order valence-electron chi connectivity index (χ4n) is 2.52. The minimum Gasteiger partial charge on any atom is -0.383 e. The molecule has 0 amide bonds. The normalized spacial score (nSPS) is 17.0. The van der Waals surface area contributed by atoms with Gasteiger partial charge in [-0.05, 0) is 11.6 Å². The Morgan fingerprint density at radius 3 is 3.00 bits per heavy atom. The molecule has 3 rings (SSSR count). The Bertz CT molecular complexity index is 885. The van der Waals surface area contributed by atoms with Crippen LogP contribution in [-0.2, 0) is 21.5 Å². The number of anilines is 1. The molecular formula is C13H13FN4O3S. The predicted molar refractivity (Wildman–Crippen MR) is 77.8 cm³/mol. The maximum absolute atomic E-state index is 14.2. The Labute approximate surface area is 126 Å². The van der Waals surface area contributed by atoms with E-state index >= 15 is 0 Å². The Kier molecular flexibility index (Phi) is 3.52. The van der Waals surface area contributed by atoms with E-state index < -0.39 is 16.0 Å². The summed E-state index contributed by atoms with van der Waals surface area (Å²) in [5.74, 6) is -0.556. The summed E-state index contributed by atoms with van der Waals surface area (Å²) < 4.78 is 47.2. The van der Waals surface area contributed by atoms with Crippen LogP contribution < -0.4 is 4.72 Å². The molecule has 1 aromatic heterocycles. The molecule has 0 aliphatic carbocycles. The highest BCUT2D eigenvalue weighted by Crippen LogP contribution is 2.35. The van der Waals surface area contributed by atoms with Gasteiger partial charge < -0.3 is 9.72 Å². The van der Waals surface area contributed by atoms with Gasteiger partial charge in [0.05, 0.1) is 28.8 Å². The van der Waals surface area contributed by atoms with Crippen LogP contribution in [0.3, 0.4) is 0 Å². The summed E-state index contributed by atoms with van der Waals surface area (Å²) in [7, 11) is -2.26. The fraction of sp³-hybridized carbons (Fsp3) is 0.308. The maximum atomic E-state index is 14.2. The van der Waals surface area contributed by atoms with Gasteiger partial charge in [-0.15, -0.1) is 0 Å². The van der Waals surface area contributed by atoms with Crippen molar-refractivity contribution in [1.82, 2.24) is 9.29 Å². The molecule has 1 aliphatic rings. The molecule has 0 fully saturated rings. The molecule has 0 unspecified atom stereocenters. The van der Waals surface area contributed by atoms with Gasteiger partial charge in [0.25, 0.3) is 0 Å². The molecule has 0 spiro atoms. The van der Waals surface area contributed by atoms with Crippen molar-refractivity contribution in [2.24, 2.45) is 0 Å². The van der Waals surface area contributed by atoms with Gasteiger partial charge in [-0.25, -0.2) is 4.39 Å². The molecule has 116 valence electrons. The van der Waals surface area contributed by atoms with Crippen LogP contribution in [0.1, 0.15) is 11.1 Å². The van der Waals surface area contributed by atoms with Crippen molar-refractivity contribution in [3.05, 3.63) is 29.2 Å². The van der Waals surface area contributed by atoms with Crippen molar-refractivity contribution < 1.29 is 17.5 Å². The first-order valence-electron chi connectivity index (χ1n) is 6.47. The van der Waals surface area contributed by atoms with E-state index in [-0.39, 0.29) is 41.9 Å². The number of hydrogen-bond acceptors (Lipinski definition) is 4. The van der Waals surface area contributed by atoms with Crippen LogP contribution in [0.25, 0.3) is 10.9 Å². The largest absolute Gasteiger partial charge is 0.383 e. The quantitative estimate of drug-likeness (QED) is 0.889. The Morgan fingerprint density at radius 2 is 2.32 bits per heavy atom. The summed E-state index contributed by atoms with van der Waals surface area (Å²) in [6, 6.07) is 3.14. The van der Waals surface area contributed by atoms with Crippen molar-refractivity contribution in [2.45, 2.75) is 6.54 Å². The number of benzene rings is 1. The number of aromatic nitrogens is 1. The third-order valence-electron chi connectivity index (χ3n) is 3.57. The molecule has 1 aliphatic heterocycles. The second-order valence-electron chi connectivity index (χ2n) is 4.89. The van der Waals surface area contributed by atoms with Crippen molar-refractivity contribution >= 4 is 26.8 Å². The third-order valence-corrected chi connectivity index (χ3v) is 5.03. The topological polar surface area (TPSA) is 98.2 Å². The van der Waals surface area contributed by atoms with Gasteiger partial charge in [-0.1, -0.05) is 0 Å². The van der Waals surface area contributed by atoms with Gasteiger partial charge in [0.1, 0.15) is 11.9 Å². The molecule has 0 saturated heterocycles. The highest BCUT2D eigenvalue weighted by Gasteiger charge is 2.31. The summed E-state index contributed by atoms with van der Waals surface area (Å²) in [5, 5.41) is 9.09. The SMILES string of the molecule is COCCN1Cc2cc(F)c3c(C#N)c[nH]c3c2NS1(=O)=O. The second kappa shape index (κ2) is 5.24. The number of halogens is 1. The van der Waals surface area contributed by atoms with E-state index in [2.05, 4.69) is 9.71 Å². The van der Waals surface area contributed by atoms with Gasteiger partial charge >= 0.3 is 10.2 Å². The molecule has 1 aromatic carbocycles. The first-order valence-corrected chi connectivity index (χ1v) is 7.91. The van der Waals surface area contributed by atoms with Crippen molar-refractivity contribution in [3.63, 3.8) is 0 Å². The molecule has 0 saturated carbocycles. The van der Waals surface area contributed by atoms with Crippen LogP contribution in [0.2, 0.25) is 0 Å². The maximum Gasteiger partial charge on any atom is 0.302 e. The lowest BCUT2D eigenvalue weighted by atomic mass is 10.1. The highest BCUT2D eigenvalue weighted by atomic mass is 32.2. The minimum absolute atomic E-state index is 0.0434. The van der Waals surface area contributed by atoms with Gasteiger partial charge in [0, 0.05) is 26.4 Å². The zero-order chi connectivity index (χ0) is 15.9. The third kappa shape index (κ3) is 2.21. The van der Waals surface area contributed by atoms with Gasteiger partial charge in [-0.2, -0.15) is 18.0 Å². The number of ether oxygens (including phenoxy) is 1. The Morgan fingerprint density at radius 1 is 1.55 bits per heavy atom. The zero-order valence-electron chi connectivity index (χ0n) is 11.7. The monoisotopic (exact) mass is 324 g/mol. The van der Waals surface area contributed by atoms with E-state index in [4.69, 9.17) is 10.00 Å². The number of nitrogens with one attached hydrogen (secondary N) is 2. The lowest BCUT2D eigenvalue weighted by molar-refractivity contribution is 0.177. The molecule has 0 bridgehead atoms. The second-order valence-corrected chi connectivity index (χ2v) is 6.56. The van der Waals surface area contributed by atoms with Crippen LogP contribution in [0.15, 0.2) is 12.3 Å². The number of aromatic amines is 1. The number of hydrogen-bond donors (Lipinski definition) is 2. The standard InChI is InChI=1S/C13H13FN4O3S/c1-21-3-2-18-7-8-4-10(14)11-9(5-15)6-16-13(11)12(8)17-22(18,19)20/h4,6,16-17H,2-3,7H2,1H3. The Hall–Kier alpha value is -2.15. The van der Waals surface area contributed by atoms with Crippen LogP contribution in [0, 0.1) is 17.1 Å².